The molecule has 0 aromatic carbocycles. The second-order valence-electron chi connectivity index (χ2n) is 5.80. The predicted molar refractivity (Wildman–Crippen MR) is 87.4 cm³/mol. The monoisotopic (exact) mass is 331 g/mol. The Morgan fingerprint density at radius 1 is 1.35 bits per heavy atom. The maximum Gasteiger partial charge on any atom is 0.245 e. The fourth-order valence-corrected chi connectivity index (χ4v) is 4.05. The number of amides is 2. The molecule has 2 aromatic rings. The number of fused-ring (bicyclic) bond motifs is 1. The average molecular weight is 331 g/mol. The molecular weight excluding hydrogens is 314 g/mol. The van der Waals surface area contributed by atoms with Crippen molar-refractivity contribution in [3.63, 3.8) is 0 Å². The first-order valence-corrected chi connectivity index (χ1v) is 8.62. The lowest BCUT2D eigenvalue weighted by atomic mass is 10.1. The molecule has 2 aliphatic heterocycles. The van der Waals surface area contributed by atoms with Crippen LogP contribution in [0.4, 0.5) is 5.82 Å². The molecule has 0 radical (unpaired) electrons. The molecule has 2 saturated heterocycles. The van der Waals surface area contributed by atoms with Gasteiger partial charge in [-0.15, -0.1) is 11.3 Å². The first kappa shape index (κ1) is 14.4. The summed E-state index contributed by atoms with van der Waals surface area (Å²) in [6.07, 6.45) is 3.31. The minimum absolute atomic E-state index is 0.0272. The van der Waals surface area contributed by atoms with E-state index in [-0.39, 0.29) is 24.4 Å². The molecule has 1 unspecified atom stereocenters. The number of rotatable bonds is 2. The van der Waals surface area contributed by atoms with Crippen LogP contribution < -0.4 is 10.2 Å². The topological polar surface area (TPSA) is 78.4 Å². The Bertz CT molecular complexity index is 761. The summed E-state index contributed by atoms with van der Waals surface area (Å²) >= 11 is 1.57. The minimum Gasteiger partial charge on any atom is -0.353 e. The molecule has 0 spiro atoms. The van der Waals surface area contributed by atoms with Crippen molar-refractivity contribution in [2.75, 3.05) is 31.1 Å². The Kier molecular flexibility index (Phi) is 3.60. The largest absolute Gasteiger partial charge is 0.353 e. The van der Waals surface area contributed by atoms with Crippen LogP contribution in [0, 0.1) is 0 Å². The summed E-state index contributed by atoms with van der Waals surface area (Å²) in [7, 11) is 0. The van der Waals surface area contributed by atoms with Crippen molar-refractivity contribution in [1.82, 2.24) is 20.2 Å². The normalized spacial score (nSPS) is 21.7. The van der Waals surface area contributed by atoms with E-state index in [1.165, 1.54) is 0 Å². The van der Waals surface area contributed by atoms with Crippen LogP contribution in [0.2, 0.25) is 0 Å². The maximum atomic E-state index is 12.9. The third-order valence-corrected chi connectivity index (χ3v) is 5.22. The van der Waals surface area contributed by atoms with Crippen molar-refractivity contribution < 1.29 is 9.59 Å². The van der Waals surface area contributed by atoms with Gasteiger partial charge in [-0.1, -0.05) is 0 Å². The second kappa shape index (κ2) is 5.77. The van der Waals surface area contributed by atoms with Gasteiger partial charge < -0.3 is 15.1 Å². The quantitative estimate of drug-likeness (QED) is 0.873. The third-order valence-electron chi connectivity index (χ3n) is 4.40. The SMILES string of the molecule is O=C1CN(C(=O)C2CCCN2c2ncnc3sccc23)CCN1. The van der Waals surface area contributed by atoms with E-state index in [1.54, 1.807) is 22.6 Å². The summed E-state index contributed by atoms with van der Waals surface area (Å²) in [5.74, 6) is 0.768. The molecule has 2 aliphatic rings. The van der Waals surface area contributed by atoms with Crippen molar-refractivity contribution in [2.24, 2.45) is 0 Å². The van der Waals surface area contributed by atoms with E-state index in [2.05, 4.69) is 20.2 Å². The van der Waals surface area contributed by atoms with Crippen molar-refractivity contribution >= 4 is 39.2 Å². The van der Waals surface area contributed by atoms with Gasteiger partial charge in [0.2, 0.25) is 11.8 Å². The van der Waals surface area contributed by atoms with Gasteiger partial charge in [-0.3, -0.25) is 9.59 Å². The number of carbonyl (C=O) groups excluding carboxylic acids is 2. The van der Waals surface area contributed by atoms with E-state index in [4.69, 9.17) is 0 Å². The lowest BCUT2D eigenvalue weighted by Gasteiger charge is -2.32. The van der Waals surface area contributed by atoms with Crippen molar-refractivity contribution in [1.29, 1.82) is 0 Å². The molecule has 1 N–H and O–H groups in total. The van der Waals surface area contributed by atoms with Crippen molar-refractivity contribution in [2.45, 2.75) is 18.9 Å². The average Bonchev–Trinajstić information content (AvgIpc) is 3.22. The first-order chi connectivity index (χ1) is 11.2. The lowest BCUT2D eigenvalue weighted by molar-refractivity contribution is -0.139. The van der Waals surface area contributed by atoms with Crippen LogP contribution in [0.1, 0.15) is 12.8 Å². The molecule has 2 fully saturated rings. The number of nitrogens with zero attached hydrogens (tertiary/aromatic N) is 4. The summed E-state index contributed by atoms with van der Waals surface area (Å²) in [5, 5.41) is 5.74. The number of thiophene rings is 1. The highest BCUT2D eigenvalue weighted by atomic mass is 32.1. The van der Waals surface area contributed by atoms with E-state index < -0.39 is 0 Å². The molecule has 23 heavy (non-hydrogen) atoms. The summed E-state index contributed by atoms with van der Waals surface area (Å²) in [5.41, 5.74) is 0. The number of nitrogens with one attached hydrogen (secondary N) is 1. The summed E-state index contributed by atoms with van der Waals surface area (Å²) in [4.78, 5) is 37.8. The van der Waals surface area contributed by atoms with Gasteiger partial charge in [0.1, 0.15) is 23.0 Å². The smallest absolute Gasteiger partial charge is 0.245 e. The molecule has 120 valence electrons. The van der Waals surface area contributed by atoms with Gasteiger partial charge in [-0.25, -0.2) is 9.97 Å². The molecule has 1 atom stereocenters. The van der Waals surface area contributed by atoms with E-state index in [1.807, 2.05) is 11.4 Å². The Balaban J connectivity index is 1.62. The van der Waals surface area contributed by atoms with Gasteiger partial charge in [0.05, 0.1) is 11.9 Å². The van der Waals surface area contributed by atoms with Gasteiger partial charge in [0.15, 0.2) is 0 Å². The first-order valence-electron chi connectivity index (χ1n) is 7.74. The number of anilines is 1. The van der Waals surface area contributed by atoms with E-state index >= 15 is 0 Å². The predicted octanol–water partition coefficient (Wildman–Crippen LogP) is 0.618. The Labute approximate surface area is 137 Å². The van der Waals surface area contributed by atoms with Crippen LogP contribution in [0.3, 0.4) is 0 Å². The van der Waals surface area contributed by atoms with Gasteiger partial charge >= 0.3 is 0 Å². The third kappa shape index (κ3) is 2.52. The summed E-state index contributed by atoms with van der Waals surface area (Å²) in [6, 6.07) is 1.77. The molecule has 7 nitrogen and oxygen atoms in total. The van der Waals surface area contributed by atoms with E-state index in [0.717, 1.165) is 35.4 Å². The molecule has 0 aliphatic carbocycles. The van der Waals surface area contributed by atoms with Crippen molar-refractivity contribution in [3.8, 4) is 0 Å². The van der Waals surface area contributed by atoms with E-state index in [0.29, 0.717) is 13.1 Å². The van der Waals surface area contributed by atoms with Crippen LogP contribution >= 0.6 is 11.3 Å². The highest BCUT2D eigenvalue weighted by Gasteiger charge is 2.36. The van der Waals surface area contributed by atoms with Gasteiger partial charge in [0.25, 0.3) is 0 Å². The van der Waals surface area contributed by atoms with E-state index in [9.17, 15) is 9.59 Å². The standard InChI is InChI=1S/C15H17N5O2S/c21-12-8-19(6-4-16-12)15(22)11-2-1-5-20(11)13-10-3-7-23-14(10)18-9-17-13/h3,7,9,11H,1-2,4-6,8H2,(H,16,21). The zero-order valence-corrected chi connectivity index (χ0v) is 13.4. The van der Waals surface area contributed by atoms with Crippen molar-refractivity contribution in [3.05, 3.63) is 17.8 Å². The maximum absolute atomic E-state index is 12.9. The fourth-order valence-electron chi connectivity index (χ4n) is 3.32. The molecule has 4 rings (SSSR count). The Hall–Kier alpha value is -2.22. The fraction of sp³-hybridized carbons (Fsp3) is 0.467. The van der Waals surface area contributed by atoms with Gasteiger partial charge in [-0.2, -0.15) is 0 Å². The number of aromatic nitrogens is 2. The highest BCUT2D eigenvalue weighted by molar-refractivity contribution is 7.16. The molecule has 8 heteroatoms. The summed E-state index contributed by atoms with van der Waals surface area (Å²) < 4.78 is 0. The number of piperazine rings is 1. The number of hydrogen-bond donors (Lipinski definition) is 1. The zero-order valence-electron chi connectivity index (χ0n) is 12.6. The number of hydrogen-bond acceptors (Lipinski definition) is 6. The van der Waals surface area contributed by atoms with Crippen LogP contribution in [-0.4, -0.2) is 58.9 Å². The highest BCUT2D eigenvalue weighted by Crippen LogP contribution is 2.32. The van der Waals surface area contributed by atoms with Crippen LogP contribution in [0.15, 0.2) is 17.8 Å². The molecule has 4 heterocycles. The van der Waals surface area contributed by atoms with Gasteiger partial charge in [0, 0.05) is 19.6 Å². The number of carbonyl (C=O) groups is 2. The molecule has 2 aromatic heterocycles. The Morgan fingerprint density at radius 2 is 2.26 bits per heavy atom. The van der Waals surface area contributed by atoms with Gasteiger partial charge in [-0.05, 0) is 24.3 Å². The zero-order chi connectivity index (χ0) is 15.8. The molecule has 0 bridgehead atoms. The van der Waals surface area contributed by atoms with Crippen LogP contribution in [0.5, 0.6) is 0 Å². The molecule has 0 saturated carbocycles. The van der Waals surface area contributed by atoms with Crippen LogP contribution in [0.25, 0.3) is 10.2 Å². The lowest BCUT2D eigenvalue weighted by Crippen LogP contribution is -2.54. The molecule has 2 amide bonds. The Morgan fingerprint density at radius 3 is 3.13 bits per heavy atom. The summed E-state index contributed by atoms with van der Waals surface area (Å²) in [6.45, 7) is 2.06. The second-order valence-corrected chi connectivity index (χ2v) is 6.69. The van der Waals surface area contributed by atoms with Crippen LogP contribution in [-0.2, 0) is 9.59 Å². The minimum atomic E-state index is -0.237. The molecular formula is C15H17N5O2S.